The van der Waals surface area contributed by atoms with Crippen molar-refractivity contribution in [3.63, 3.8) is 0 Å². The smallest absolute Gasteiger partial charge is 0.243 e. The number of amides is 2. The summed E-state index contributed by atoms with van der Waals surface area (Å²) in [6, 6.07) is 11.9. The molecule has 0 heterocycles. The Bertz CT molecular complexity index is 871. The van der Waals surface area contributed by atoms with E-state index in [2.05, 4.69) is 5.32 Å². The molecule has 7 heteroatoms. The Morgan fingerprint density at radius 3 is 2.13 bits per heavy atom. The highest BCUT2D eigenvalue weighted by atomic mass is 35.5. The van der Waals surface area contributed by atoms with Gasteiger partial charge in [0.25, 0.3) is 0 Å². The number of halogens is 3. The third kappa shape index (κ3) is 6.90. The highest BCUT2D eigenvalue weighted by Gasteiger charge is 2.29. The van der Waals surface area contributed by atoms with E-state index >= 15 is 0 Å². The number of nitrogens with zero attached hydrogens (tertiary/aromatic N) is 1. The third-order valence-electron chi connectivity index (χ3n) is 4.99. The zero-order valence-electron chi connectivity index (χ0n) is 17.4. The van der Waals surface area contributed by atoms with E-state index in [0.29, 0.717) is 28.0 Å². The summed E-state index contributed by atoms with van der Waals surface area (Å²) in [5.74, 6) is -0.308. The molecule has 2 rings (SSSR count). The Kier molecular flexibility index (Phi) is 9.47. The second-order valence-electron chi connectivity index (χ2n) is 7.32. The number of nitrogens with one attached hydrogen (secondary N) is 1. The van der Waals surface area contributed by atoms with E-state index in [9.17, 15) is 9.59 Å². The fraction of sp³-hybridized carbons (Fsp3) is 0.391. The number of hydrogen-bond acceptors (Lipinski definition) is 2. The number of hydrogen-bond donors (Lipinski definition) is 1. The molecule has 2 aromatic rings. The number of benzene rings is 2. The average molecular weight is 470 g/mol. The van der Waals surface area contributed by atoms with Crippen LogP contribution in [0.5, 0.6) is 0 Å². The topological polar surface area (TPSA) is 49.4 Å². The van der Waals surface area contributed by atoms with Crippen molar-refractivity contribution in [2.75, 3.05) is 0 Å². The molecule has 30 heavy (non-hydrogen) atoms. The maximum atomic E-state index is 13.3. The van der Waals surface area contributed by atoms with Crippen LogP contribution in [0, 0.1) is 0 Å². The summed E-state index contributed by atoms with van der Waals surface area (Å²) in [5, 5.41) is 4.45. The predicted molar refractivity (Wildman–Crippen MR) is 124 cm³/mol. The van der Waals surface area contributed by atoms with Gasteiger partial charge in [-0.15, -0.1) is 0 Å². The molecular formula is C23H27Cl3N2O2. The first-order chi connectivity index (χ1) is 14.2. The molecule has 0 saturated heterocycles. The van der Waals surface area contributed by atoms with Crippen molar-refractivity contribution in [3.05, 3.63) is 68.7 Å². The molecule has 0 saturated carbocycles. The molecule has 0 aliphatic carbocycles. The summed E-state index contributed by atoms with van der Waals surface area (Å²) in [7, 11) is 0. The van der Waals surface area contributed by atoms with Crippen molar-refractivity contribution >= 4 is 46.6 Å². The van der Waals surface area contributed by atoms with Gasteiger partial charge in [0.1, 0.15) is 6.04 Å². The van der Waals surface area contributed by atoms with Crippen LogP contribution in [0.2, 0.25) is 15.1 Å². The minimum absolute atomic E-state index is 0.0362. The van der Waals surface area contributed by atoms with Gasteiger partial charge < -0.3 is 10.2 Å². The lowest BCUT2D eigenvalue weighted by Gasteiger charge is -2.31. The quantitative estimate of drug-likeness (QED) is 0.496. The van der Waals surface area contributed by atoms with E-state index in [4.69, 9.17) is 34.8 Å². The van der Waals surface area contributed by atoms with Gasteiger partial charge in [0.15, 0.2) is 0 Å². The average Bonchev–Trinajstić information content (AvgIpc) is 2.71. The molecular weight excluding hydrogens is 443 g/mol. The van der Waals surface area contributed by atoms with Crippen molar-refractivity contribution in [3.8, 4) is 0 Å². The van der Waals surface area contributed by atoms with Crippen molar-refractivity contribution in [2.24, 2.45) is 0 Å². The Hall–Kier alpha value is -1.75. The molecule has 2 aromatic carbocycles. The van der Waals surface area contributed by atoms with Gasteiger partial charge in [0.05, 0.1) is 16.5 Å². The lowest BCUT2D eigenvalue weighted by Crippen LogP contribution is -2.51. The summed E-state index contributed by atoms with van der Waals surface area (Å²) in [6.07, 6.45) is 1.44. The normalized spacial score (nSPS) is 12.9. The Morgan fingerprint density at radius 1 is 0.933 bits per heavy atom. The van der Waals surface area contributed by atoms with Gasteiger partial charge in [-0.3, -0.25) is 9.59 Å². The van der Waals surface area contributed by atoms with Crippen LogP contribution in [0.15, 0.2) is 42.5 Å². The highest BCUT2D eigenvalue weighted by molar-refractivity contribution is 6.42. The monoisotopic (exact) mass is 468 g/mol. The first-order valence-corrected chi connectivity index (χ1v) is 11.2. The SMILES string of the molecule is CC[C@@H](C)NC(=O)[C@@H](CC)N(Cc1ccc(Cl)cc1)C(=O)Cc1ccc(Cl)c(Cl)c1. The standard InChI is InChI=1S/C23H27Cl3N2O2/c1-4-15(3)27-23(30)21(5-2)28(14-16-6-9-18(24)10-7-16)22(29)13-17-8-11-19(25)20(26)12-17/h6-12,15,21H,4-5,13-14H2,1-3H3,(H,27,30)/t15-,21-/m1/s1. The number of carbonyl (C=O) groups excluding carboxylic acids is 2. The van der Waals surface area contributed by atoms with Gasteiger partial charge >= 0.3 is 0 Å². The summed E-state index contributed by atoms with van der Waals surface area (Å²) in [4.78, 5) is 27.8. The van der Waals surface area contributed by atoms with Gasteiger partial charge in [0.2, 0.25) is 11.8 Å². The highest BCUT2D eigenvalue weighted by Crippen LogP contribution is 2.24. The lowest BCUT2D eigenvalue weighted by atomic mass is 10.1. The van der Waals surface area contributed by atoms with Crippen LogP contribution < -0.4 is 5.32 Å². The minimum atomic E-state index is -0.579. The van der Waals surface area contributed by atoms with Gasteiger partial charge in [-0.2, -0.15) is 0 Å². The van der Waals surface area contributed by atoms with Crippen LogP contribution in [-0.2, 0) is 22.6 Å². The third-order valence-corrected chi connectivity index (χ3v) is 5.98. The van der Waals surface area contributed by atoms with Crippen LogP contribution in [0.25, 0.3) is 0 Å². The van der Waals surface area contributed by atoms with Gasteiger partial charge in [-0.05, 0) is 55.2 Å². The van der Waals surface area contributed by atoms with E-state index in [1.807, 2.05) is 32.9 Å². The van der Waals surface area contributed by atoms with Gasteiger partial charge in [0, 0.05) is 17.6 Å². The second kappa shape index (κ2) is 11.6. The molecule has 2 amide bonds. The van der Waals surface area contributed by atoms with Crippen LogP contribution in [0.3, 0.4) is 0 Å². The van der Waals surface area contributed by atoms with Crippen LogP contribution in [0.1, 0.15) is 44.7 Å². The number of carbonyl (C=O) groups is 2. The maximum absolute atomic E-state index is 13.3. The summed E-state index contributed by atoms with van der Waals surface area (Å²) in [5.41, 5.74) is 1.64. The largest absolute Gasteiger partial charge is 0.352 e. The molecule has 0 spiro atoms. The first-order valence-electron chi connectivity index (χ1n) is 10.0. The van der Waals surface area contributed by atoms with Crippen molar-refractivity contribution < 1.29 is 9.59 Å². The van der Waals surface area contributed by atoms with E-state index in [1.54, 1.807) is 35.2 Å². The summed E-state index contributed by atoms with van der Waals surface area (Å²) < 4.78 is 0. The van der Waals surface area contributed by atoms with E-state index in [0.717, 1.165) is 17.5 Å². The zero-order chi connectivity index (χ0) is 22.3. The Morgan fingerprint density at radius 2 is 1.57 bits per heavy atom. The second-order valence-corrected chi connectivity index (χ2v) is 8.57. The van der Waals surface area contributed by atoms with Gasteiger partial charge in [-0.25, -0.2) is 0 Å². The summed E-state index contributed by atoms with van der Waals surface area (Å²) >= 11 is 18.1. The van der Waals surface area contributed by atoms with Crippen molar-refractivity contribution in [2.45, 2.75) is 58.7 Å². The first kappa shape index (κ1) is 24.5. The molecule has 1 N–H and O–H groups in total. The van der Waals surface area contributed by atoms with E-state index in [1.165, 1.54) is 0 Å². The lowest BCUT2D eigenvalue weighted by molar-refractivity contribution is -0.141. The zero-order valence-corrected chi connectivity index (χ0v) is 19.7. The number of rotatable bonds is 9. The molecule has 0 aromatic heterocycles. The van der Waals surface area contributed by atoms with Crippen LogP contribution in [0.4, 0.5) is 0 Å². The van der Waals surface area contributed by atoms with E-state index in [-0.39, 0.29) is 24.3 Å². The summed E-state index contributed by atoms with van der Waals surface area (Å²) in [6.45, 7) is 6.17. The minimum Gasteiger partial charge on any atom is -0.352 e. The molecule has 162 valence electrons. The Labute approximate surface area is 193 Å². The van der Waals surface area contributed by atoms with E-state index < -0.39 is 6.04 Å². The predicted octanol–water partition coefficient (Wildman–Crippen LogP) is 5.91. The molecule has 0 bridgehead atoms. The fourth-order valence-corrected chi connectivity index (χ4v) is 3.52. The van der Waals surface area contributed by atoms with Gasteiger partial charge in [-0.1, -0.05) is 66.8 Å². The molecule has 0 aliphatic rings. The Balaban J connectivity index is 2.30. The molecule has 0 fully saturated rings. The maximum Gasteiger partial charge on any atom is 0.243 e. The van der Waals surface area contributed by atoms with Crippen LogP contribution in [-0.4, -0.2) is 28.8 Å². The molecule has 2 atom stereocenters. The molecule has 0 unspecified atom stereocenters. The van der Waals surface area contributed by atoms with Crippen molar-refractivity contribution in [1.82, 2.24) is 10.2 Å². The van der Waals surface area contributed by atoms with Crippen molar-refractivity contribution in [1.29, 1.82) is 0 Å². The van der Waals surface area contributed by atoms with Crippen LogP contribution >= 0.6 is 34.8 Å². The fourth-order valence-electron chi connectivity index (χ4n) is 3.07. The molecule has 0 aliphatic heterocycles. The molecule has 4 nitrogen and oxygen atoms in total. The molecule has 0 radical (unpaired) electrons.